The first-order chi connectivity index (χ1) is 5.58. The SMILES string of the molecule is CC1O[SiH](C)O[SiH](C)O[SiH](C)O1. The van der Waals surface area contributed by atoms with Crippen LogP contribution in [0.15, 0.2) is 0 Å². The Labute approximate surface area is 78.3 Å². The van der Waals surface area contributed by atoms with Crippen LogP contribution in [0.1, 0.15) is 6.92 Å². The molecular weight excluding hydrogens is 208 g/mol. The molecule has 0 radical (unpaired) electrons. The maximum atomic E-state index is 5.62. The van der Waals surface area contributed by atoms with Crippen LogP contribution in [0.4, 0.5) is 0 Å². The molecule has 12 heavy (non-hydrogen) atoms. The van der Waals surface area contributed by atoms with Gasteiger partial charge in [-0.05, 0) is 26.6 Å². The van der Waals surface area contributed by atoms with Crippen molar-refractivity contribution in [2.24, 2.45) is 0 Å². The lowest BCUT2D eigenvalue weighted by Gasteiger charge is -2.29. The van der Waals surface area contributed by atoms with Gasteiger partial charge in [-0.1, -0.05) is 0 Å². The van der Waals surface area contributed by atoms with Gasteiger partial charge in [0, 0.05) is 0 Å². The number of hydrogen-bond acceptors (Lipinski definition) is 4. The van der Waals surface area contributed by atoms with Crippen LogP contribution in [-0.2, 0) is 17.1 Å². The van der Waals surface area contributed by atoms with Crippen molar-refractivity contribution in [1.82, 2.24) is 0 Å². The van der Waals surface area contributed by atoms with Gasteiger partial charge >= 0.3 is 18.6 Å². The molecule has 72 valence electrons. The Bertz CT molecular complexity index is 107. The highest BCUT2D eigenvalue weighted by atomic mass is 28.4. The zero-order valence-electron chi connectivity index (χ0n) is 7.94. The van der Waals surface area contributed by atoms with Crippen molar-refractivity contribution in [3.63, 3.8) is 0 Å². The second-order valence-corrected chi connectivity index (χ2v) is 8.94. The van der Waals surface area contributed by atoms with Crippen LogP contribution in [0, 0.1) is 0 Å². The molecule has 0 amide bonds. The molecule has 1 heterocycles. The first-order valence-corrected chi connectivity index (χ1v) is 10.5. The van der Waals surface area contributed by atoms with Gasteiger partial charge in [-0.25, -0.2) is 0 Å². The van der Waals surface area contributed by atoms with E-state index in [1.54, 1.807) is 0 Å². The minimum Gasteiger partial charge on any atom is -0.420 e. The molecule has 1 aliphatic heterocycles. The van der Waals surface area contributed by atoms with Crippen molar-refractivity contribution in [3.8, 4) is 0 Å². The smallest absolute Gasteiger partial charge is 0.311 e. The Hall–Kier alpha value is 0.491. The molecule has 4 nitrogen and oxygen atoms in total. The van der Waals surface area contributed by atoms with Crippen molar-refractivity contribution in [1.29, 1.82) is 0 Å². The summed E-state index contributed by atoms with van der Waals surface area (Å²) in [6.45, 7) is 7.93. The molecule has 0 bridgehead atoms. The first kappa shape index (κ1) is 10.6. The monoisotopic (exact) mass is 224 g/mol. The summed E-state index contributed by atoms with van der Waals surface area (Å²) in [5.41, 5.74) is 0. The summed E-state index contributed by atoms with van der Waals surface area (Å²) in [5, 5.41) is 0. The van der Waals surface area contributed by atoms with Crippen molar-refractivity contribution >= 4 is 27.9 Å². The van der Waals surface area contributed by atoms with Gasteiger partial charge in [0.2, 0.25) is 0 Å². The van der Waals surface area contributed by atoms with Crippen molar-refractivity contribution in [2.75, 3.05) is 0 Å². The summed E-state index contributed by atoms with van der Waals surface area (Å²) in [5.74, 6) is 0. The Morgan fingerprint density at radius 2 is 1.25 bits per heavy atom. The van der Waals surface area contributed by atoms with Gasteiger partial charge in [0.25, 0.3) is 9.28 Å². The van der Waals surface area contributed by atoms with Crippen LogP contribution < -0.4 is 0 Å². The van der Waals surface area contributed by atoms with Gasteiger partial charge in [-0.2, -0.15) is 0 Å². The fourth-order valence-corrected chi connectivity index (χ4v) is 8.21. The molecule has 0 aromatic carbocycles. The van der Waals surface area contributed by atoms with E-state index in [0.717, 1.165) is 0 Å². The van der Waals surface area contributed by atoms with Gasteiger partial charge in [0.15, 0.2) is 0 Å². The third-order valence-corrected chi connectivity index (χ3v) is 9.20. The van der Waals surface area contributed by atoms with E-state index in [1.165, 1.54) is 0 Å². The van der Waals surface area contributed by atoms with Crippen molar-refractivity contribution in [2.45, 2.75) is 32.9 Å². The molecule has 0 aromatic rings. The fraction of sp³-hybridized carbons (Fsp3) is 1.00. The summed E-state index contributed by atoms with van der Waals surface area (Å²) < 4.78 is 22.3. The highest BCUT2D eigenvalue weighted by Gasteiger charge is 2.24. The summed E-state index contributed by atoms with van der Waals surface area (Å²) in [7, 11) is -4.39. The normalized spacial score (nSPS) is 45.0. The van der Waals surface area contributed by atoms with Gasteiger partial charge in [-0.15, -0.1) is 0 Å². The molecule has 2 atom stereocenters. The number of rotatable bonds is 0. The van der Waals surface area contributed by atoms with Crippen LogP contribution in [0.5, 0.6) is 0 Å². The van der Waals surface area contributed by atoms with Gasteiger partial charge in [0.1, 0.15) is 6.29 Å². The third-order valence-electron chi connectivity index (χ3n) is 1.53. The van der Waals surface area contributed by atoms with Crippen LogP contribution in [0.25, 0.3) is 0 Å². The van der Waals surface area contributed by atoms with Crippen LogP contribution in [-0.4, -0.2) is 34.1 Å². The van der Waals surface area contributed by atoms with E-state index >= 15 is 0 Å². The van der Waals surface area contributed by atoms with Crippen LogP contribution in [0.3, 0.4) is 0 Å². The third kappa shape index (κ3) is 3.47. The molecule has 1 rings (SSSR count). The second kappa shape index (κ2) is 4.65. The molecule has 0 N–H and O–H groups in total. The van der Waals surface area contributed by atoms with E-state index in [4.69, 9.17) is 17.1 Å². The Morgan fingerprint density at radius 3 is 1.67 bits per heavy atom. The molecule has 1 aliphatic rings. The predicted molar refractivity (Wildman–Crippen MR) is 52.8 cm³/mol. The second-order valence-electron chi connectivity index (χ2n) is 2.81. The average molecular weight is 224 g/mol. The average Bonchev–Trinajstić information content (AvgIpc) is 1.81. The maximum absolute atomic E-state index is 5.62. The van der Waals surface area contributed by atoms with E-state index in [-0.39, 0.29) is 6.29 Å². The fourth-order valence-electron chi connectivity index (χ4n) is 1.21. The molecule has 0 spiro atoms. The Morgan fingerprint density at radius 1 is 0.833 bits per heavy atom. The quantitative estimate of drug-likeness (QED) is 0.541. The molecule has 2 unspecified atom stereocenters. The van der Waals surface area contributed by atoms with E-state index in [1.807, 2.05) is 26.6 Å². The summed E-state index contributed by atoms with van der Waals surface area (Å²) in [4.78, 5) is 0. The minimum atomic E-state index is -1.48. The lowest BCUT2D eigenvalue weighted by molar-refractivity contribution is -0.0131. The lowest BCUT2D eigenvalue weighted by Crippen LogP contribution is -2.42. The highest BCUT2D eigenvalue weighted by molar-refractivity contribution is 6.64. The molecule has 0 aliphatic carbocycles. The largest absolute Gasteiger partial charge is 0.420 e. The topological polar surface area (TPSA) is 36.9 Å². The van der Waals surface area contributed by atoms with E-state index in [0.29, 0.717) is 0 Å². The highest BCUT2D eigenvalue weighted by Crippen LogP contribution is 2.08. The molecule has 0 aromatic heterocycles. The Kier molecular flexibility index (Phi) is 4.10. The molecule has 0 saturated carbocycles. The summed E-state index contributed by atoms with van der Waals surface area (Å²) in [6, 6.07) is 0. The molecule has 7 heteroatoms. The van der Waals surface area contributed by atoms with Crippen molar-refractivity contribution in [3.05, 3.63) is 0 Å². The van der Waals surface area contributed by atoms with Gasteiger partial charge < -0.3 is 17.1 Å². The lowest BCUT2D eigenvalue weighted by atomic mass is 10.8. The van der Waals surface area contributed by atoms with Gasteiger partial charge in [0.05, 0.1) is 0 Å². The zero-order valence-corrected chi connectivity index (χ0v) is 11.4. The summed E-state index contributed by atoms with van der Waals surface area (Å²) >= 11 is 0. The standard InChI is InChI=1S/C5H16O4Si3/c1-5-6-10(2)8-12(4)9-11(3)7-5/h5,10-12H,1-4H3. The summed E-state index contributed by atoms with van der Waals surface area (Å²) in [6.07, 6.45) is -0.144. The zero-order chi connectivity index (χ0) is 9.14. The van der Waals surface area contributed by atoms with E-state index in [2.05, 4.69) is 0 Å². The van der Waals surface area contributed by atoms with Crippen LogP contribution >= 0.6 is 0 Å². The molecular formula is C5H16O4Si3. The number of hydrogen-bond donors (Lipinski definition) is 0. The predicted octanol–water partition coefficient (Wildman–Crippen LogP) is -0.0367. The van der Waals surface area contributed by atoms with Crippen LogP contribution in [0.2, 0.25) is 19.6 Å². The minimum absolute atomic E-state index is 0.144. The maximum Gasteiger partial charge on any atom is 0.311 e. The van der Waals surface area contributed by atoms with E-state index < -0.39 is 27.9 Å². The van der Waals surface area contributed by atoms with E-state index in [9.17, 15) is 0 Å². The van der Waals surface area contributed by atoms with Gasteiger partial charge in [-0.3, -0.25) is 0 Å². The van der Waals surface area contributed by atoms with Crippen molar-refractivity contribution < 1.29 is 17.1 Å². The first-order valence-electron chi connectivity index (χ1n) is 4.20. The molecule has 1 saturated heterocycles. The molecule has 1 fully saturated rings. The Balaban J connectivity index is 2.45.